The SMILES string of the molecule is CC(Oc1nc(N2C[C@@H](C)CC2(C)C)c(C(=O)NS(=O)(=O)c2cccc(N)n2)cc1F)C1CCCOC1.CC1CN(c2ncc(C3=CC4CCC3C4)cc2C(=O)NS(=O)(=O)c2cccc(N)n2)C(C)(C)C1.Cc1cc(OC(C)C)cc(-c2cnc(N3CC(C)CC3(C)C)c(C(=O)NS(=O)(=O)c3cccc(N)n3)c2)c1.Cc1ccc(CNc2cccc(S(=O)(=O)NC(=O)c3cccnc3N3CC(C)CC3(C)C)n2)cc1. The lowest BCUT2D eigenvalue weighted by atomic mass is 9.92. The third-order valence-electron chi connectivity index (χ3n) is 26.9. The average Bonchev–Trinajstić information content (AvgIpc) is 1.48. The molecule has 2 aliphatic carbocycles. The molecule has 40 heteroatoms. The number of hydrogen-bond acceptors (Lipinski definition) is 31. The second-order valence-corrected chi connectivity index (χ2v) is 48.2. The van der Waals surface area contributed by atoms with Gasteiger partial charge < -0.3 is 56.3 Å². The van der Waals surface area contributed by atoms with E-state index in [1.165, 1.54) is 72.7 Å². The van der Waals surface area contributed by atoms with Crippen LogP contribution in [0.15, 0.2) is 190 Å². The highest BCUT2D eigenvalue weighted by Crippen LogP contribution is 2.50. The summed E-state index contributed by atoms with van der Waals surface area (Å²) in [4.78, 5) is 95.8. The van der Waals surface area contributed by atoms with Crippen molar-refractivity contribution in [2.24, 2.45) is 41.4 Å². The van der Waals surface area contributed by atoms with Crippen molar-refractivity contribution < 1.29 is 71.5 Å². The predicted molar refractivity (Wildman–Crippen MR) is 553 cm³/mol. The lowest BCUT2D eigenvalue weighted by Crippen LogP contribution is -2.41. The van der Waals surface area contributed by atoms with Crippen molar-refractivity contribution in [3.63, 3.8) is 0 Å². The van der Waals surface area contributed by atoms with Gasteiger partial charge in [-0.2, -0.15) is 38.7 Å². The number of amides is 4. The van der Waals surface area contributed by atoms with Crippen LogP contribution in [0.4, 0.5) is 50.9 Å². The number of nitrogens with one attached hydrogen (secondary N) is 5. The van der Waals surface area contributed by atoms with Crippen LogP contribution >= 0.6 is 0 Å². The van der Waals surface area contributed by atoms with E-state index in [0.717, 1.165) is 98.3 Å². The van der Waals surface area contributed by atoms with Crippen LogP contribution in [0.1, 0.15) is 225 Å². The number of sulfonamides is 4. The van der Waals surface area contributed by atoms with Crippen LogP contribution in [-0.2, 0) is 51.4 Å². The fourth-order valence-corrected chi connectivity index (χ4v) is 24.4. The number of aryl methyl sites for hydroxylation is 2. The van der Waals surface area contributed by atoms with E-state index in [2.05, 4.69) is 139 Å². The van der Waals surface area contributed by atoms with Crippen molar-refractivity contribution in [2.75, 3.05) is 81.5 Å². The number of anilines is 8. The minimum Gasteiger partial charge on any atom is -0.491 e. The molecule has 4 amide bonds. The van der Waals surface area contributed by atoms with Gasteiger partial charge in [-0.05, 0) is 302 Å². The molecule has 5 saturated heterocycles. The summed E-state index contributed by atoms with van der Waals surface area (Å²) in [7, 11) is -17.0. The van der Waals surface area contributed by atoms with E-state index in [1.807, 2.05) is 113 Å². The largest absolute Gasteiger partial charge is 0.491 e. The summed E-state index contributed by atoms with van der Waals surface area (Å²) in [5.74, 6) is 1.10. The molecule has 8 atom stereocenters. The second kappa shape index (κ2) is 43.1. The van der Waals surface area contributed by atoms with E-state index in [9.17, 15) is 52.8 Å². The summed E-state index contributed by atoms with van der Waals surface area (Å²) in [6.45, 7) is 39.4. The Labute approximate surface area is 843 Å². The molecule has 8 aromatic heterocycles. The van der Waals surface area contributed by atoms with Crippen LogP contribution in [0.2, 0.25) is 0 Å². The summed E-state index contributed by atoms with van der Waals surface area (Å²) in [6.07, 6.45) is 16.0. The van der Waals surface area contributed by atoms with Gasteiger partial charge in [-0.3, -0.25) is 19.2 Å². The number of nitrogens with zero attached hydrogens (tertiary/aromatic N) is 12. The van der Waals surface area contributed by atoms with Crippen LogP contribution in [0.25, 0.3) is 16.7 Å². The van der Waals surface area contributed by atoms with E-state index >= 15 is 4.39 Å². The van der Waals surface area contributed by atoms with Gasteiger partial charge >= 0.3 is 0 Å². The molecule has 11 N–H and O–H groups in total. The van der Waals surface area contributed by atoms with Crippen molar-refractivity contribution in [1.82, 2.24) is 58.8 Å². The summed E-state index contributed by atoms with van der Waals surface area (Å²) >= 11 is 0. The number of hydrogen-bond donors (Lipinski definition) is 8. The molecule has 17 rings (SSSR count). The summed E-state index contributed by atoms with van der Waals surface area (Å²) < 4.78 is 145. The number of nitrogen functional groups attached to an aromatic ring is 3. The lowest BCUT2D eigenvalue weighted by Gasteiger charge is -2.34. The van der Waals surface area contributed by atoms with Gasteiger partial charge in [0, 0.05) is 91.6 Å². The molecule has 1 saturated carbocycles. The summed E-state index contributed by atoms with van der Waals surface area (Å²) in [6, 6.07) is 38.7. The number of aromatic nitrogens is 8. The molecule has 2 aromatic carbocycles. The zero-order valence-electron chi connectivity index (χ0n) is 84.4. The molecular formula is C104H131FN20O15S4. The minimum atomic E-state index is -4.37. The molecule has 35 nitrogen and oxygen atoms in total. The van der Waals surface area contributed by atoms with E-state index in [4.69, 9.17) is 41.4 Å². The van der Waals surface area contributed by atoms with Crippen LogP contribution < -0.4 is 70.5 Å². The van der Waals surface area contributed by atoms with Crippen LogP contribution in [0.5, 0.6) is 11.6 Å². The quantitative estimate of drug-likeness (QED) is 0.0250. The number of carbonyl (C=O) groups excluding carboxylic acids is 4. The number of carbonyl (C=O) groups is 4. The molecule has 768 valence electrons. The van der Waals surface area contributed by atoms with Crippen molar-refractivity contribution in [1.29, 1.82) is 0 Å². The van der Waals surface area contributed by atoms with Crippen LogP contribution in [0.3, 0.4) is 0 Å². The Balaban J connectivity index is 0.000000152. The maximum absolute atomic E-state index is 15.3. The predicted octanol–water partition coefficient (Wildman–Crippen LogP) is 15.5. The molecule has 7 unspecified atom stereocenters. The molecule has 5 aliphatic heterocycles. The minimum absolute atomic E-state index is 0.00304. The highest BCUT2D eigenvalue weighted by atomic mass is 32.2. The Hall–Kier alpha value is -13.1. The first kappa shape index (κ1) is 107. The first-order valence-electron chi connectivity index (χ1n) is 48.4. The highest BCUT2D eigenvalue weighted by molar-refractivity contribution is 7.91. The number of ether oxygens (including phenoxy) is 3. The van der Waals surface area contributed by atoms with Crippen molar-refractivity contribution >= 4 is 116 Å². The Kier molecular flexibility index (Phi) is 31.9. The molecular weight excluding hydrogens is 1920 g/mol. The molecule has 144 heavy (non-hydrogen) atoms. The lowest BCUT2D eigenvalue weighted by molar-refractivity contribution is 0.00457. The third kappa shape index (κ3) is 25.5. The first-order valence-corrected chi connectivity index (χ1v) is 54.4. The Morgan fingerprint density at radius 2 is 0.910 bits per heavy atom. The molecule has 10 aromatic rings. The number of rotatable bonds is 26. The van der Waals surface area contributed by atoms with Gasteiger partial charge in [-0.1, -0.05) is 93.9 Å². The van der Waals surface area contributed by atoms with Gasteiger partial charge in [0.1, 0.15) is 58.4 Å². The zero-order valence-corrected chi connectivity index (χ0v) is 87.7. The number of benzene rings is 2. The van der Waals surface area contributed by atoms with E-state index < -0.39 is 80.1 Å². The van der Waals surface area contributed by atoms with Crippen LogP contribution in [0, 0.1) is 61.1 Å². The fraction of sp³-hybridized carbons (Fsp3) is 0.442. The zero-order chi connectivity index (χ0) is 104. The van der Waals surface area contributed by atoms with Gasteiger partial charge in [0.2, 0.25) is 0 Å². The number of fused-ring (bicyclic) bond motifs is 2. The summed E-state index contributed by atoms with van der Waals surface area (Å²) in [5, 5.41) is 1.85. The monoisotopic (exact) mass is 2050 g/mol. The van der Waals surface area contributed by atoms with Crippen molar-refractivity contribution in [3.8, 4) is 22.8 Å². The molecule has 0 radical (unpaired) electrons. The fourth-order valence-electron chi connectivity index (χ4n) is 20.6. The third-order valence-corrected chi connectivity index (χ3v) is 31.8. The number of allylic oxidation sites excluding steroid dienone is 2. The van der Waals surface area contributed by atoms with E-state index in [-0.39, 0.29) is 107 Å². The molecule has 7 aliphatic rings. The Morgan fingerprint density at radius 3 is 1.34 bits per heavy atom. The maximum atomic E-state index is 15.3. The molecule has 6 fully saturated rings. The first-order chi connectivity index (χ1) is 67.7. The highest BCUT2D eigenvalue weighted by Gasteiger charge is 2.46. The van der Waals surface area contributed by atoms with Gasteiger partial charge in [0.05, 0.1) is 35.0 Å². The van der Waals surface area contributed by atoms with Gasteiger partial charge in [0.25, 0.3) is 69.6 Å². The smallest absolute Gasteiger partial charge is 0.281 e. The molecule has 2 bridgehead atoms. The van der Waals surface area contributed by atoms with E-state index in [1.54, 1.807) is 42.7 Å². The van der Waals surface area contributed by atoms with Gasteiger partial charge in [-0.15, -0.1) is 0 Å². The number of pyridine rings is 8. The topological polar surface area (TPSA) is 487 Å². The Bertz CT molecular complexity index is 6990. The second-order valence-electron chi connectivity index (χ2n) is 41.7. The van der Waals surface area contributed by atoms with E-state index in [0.29, 0.717) is 97.0 Å². The number of halogens is 1. The normalized spacial score (nSPS) is 20.5. The Morgan fingerprint density at radius 1 is 0.472 bits per heavy atom. The van der Waals surface area contributed by atoms with Crippen molar-refractivity contribution in [3.05, 3.63) is 221 Å². The van der Waals surface area contributed by atoms with Crippen molar-refractivity contribution in [2.45, 2.75) is 237 Å². The maximum Gasteiger partial charge on any atom is 0.281 e. The van der Waals surface area contributed by atoms with Crippen LogP contribution in [-0.4, -0.2) is 171 Å². The molecule has 13 heterocycles. The summed E-state index contributed by atoms with van der Waals surface area (Å²) in [5.41, 5.74) is 23.1. The average molecular weight is 2050 g/mol. The van der Waals surface area contributed by atoms with Gasteiger partial charge in [-0.25, -0.2) is 58.2 Å². The molecule has 0 spiro atoms. The van der Waals surface area contributed by atoms with Gasteiger partial charge in [0.15, 0.2) is 25.9 Å². The standard InChI is InChI=1S/C28H35N5O4S.C26H31N5O3S.C25H34FN5O5S.C25H31N5O3S/c1-17(2)37-22-11-18(3)10-20(12-22)21-13-23(26(30-15-21)33-16-19(4)14-28(33,5)6)27(34)32-38(35,36)25-9-7-8-24(29)31-25;1-18-10-12-20(13-11-18)16-28-22-8-5-9-23(29-22)35(33,34)30-25(32)21-7-6-14-27-24(21)31-17-19(2)15-26(31,3)4;1-15-12-25(3,4)31(13-15)22-18(23(32)30-37(33,34)21-9-5-8-20(27)28-21)11-19(26)24(29-22)36-16(2)17-7-6-10-35-14-17;1-15-12-25(2,3)30(14-15)23-20(11-18(13-27-23)19-10-16-7-8-17(19)9-16)24(31)29-34(32,33)22-6-4-5-21(26)28-22/h7-13,15,17,19H,14,16H2,1-6H3,(H2,29,31)(H,32,34);5-14,19H,15-17H2,1-4H3,(H,28,29)(H,30,32);5,8-9,11,15-17H,6-7,10,12-14H2,1-4H3,(H2,27,28)(H,30,32);4-6,10-11,13,15-17H,7-9,12,14H2,1-3H3,(H2,26,28)(H,29,31)/t;;15-,16?,17?;/m..0./s1. The number of nitrogens with two attached hydrogens (primary N) is 3.